The Morgan fingerprint density at radius 2 is 0.656 bits per heavy atom. The highest BCUT2D eigenvalue weighted by Gasteiger charge is 2.29. The predicted molar refractivity (Wildman–Crippen MR) is 273 cm³/mol. The van der Waals surface area contributed by atoms with Crippen LogP contribution < -0.4 is 9.80 Å². The van der Waals surface area contributed by atoms with E-state index in [-0.39, 0.29) is 0 Å². The first kappa shape index (κ1) is 36.8. The lowest BCUT2D eigenvalue weighted by molar-refractivity contribution is 0.872. The topological polar surface area (TPSA) is 15.3 Å². The highest BCUT2D eigenvalue weighted by molar-refractivity contribution is 6.32. The van der Waals surface area contributed by atoms with Crippen molar-refractivity contribution in [2.45, 2.75) is 39.5 Å². The summed E-state index contributed by atoms with van der Waals surface area (Å²) >= 11 is 0. The number of aromatic nitrogens is 2. The molecule has 0 saturated carbocycles. The van der Waals surface area contributed by atoms with Gasteiger partial charge in [-0.2, -0.15) is 0 Å². The Kier molecular flexibility index (Phi) is 7.96. The summed E-state index contributed by atoms with van der Waals surface area (Å²) in [5, 5.41) is 10.2. The molecular formula is C60H46N4. The first-order valence-electron chi connectivity index (χ1n) is 22.7. The van der Waals surface area contributed by atoms with Crippen molar-refractivity contribution in [1.29, 1.82) is 0 Å². The maximum Gasteiger partial charge on any atom is 0.0641 e. The van der Waals surface area contributed by atoms with Gasteiger partial charge >= 0.3 is 0 Å². The highest BCUT2D eigenvalue weighted by Crippen LogP contribution is 2.52. The molecule has 0 saturated heterocycles. The largest absolute Gasteiger partial charge is 0.310 e. The molecule has 0 bridgehead atoms. The van der Waals surface area contributed by atoms with E-state index in [0.29, 0.717) is 11.8 Å². The van der Waals surface area contributed by atoms with Crippen molar-refractivity contribution in [2.24, 2.45) is 0 Å². The first-order valence-corrected chi connectivity index (χ1v) is 22.7. The molecule has 4 heteroatoms. The number of benzene rings is 9. The lowest BCUT2D eigenvalue weighted by atomic mass is 9.97. The zero-order chi connectivity index (χ0) is 42.8. The molecule has 0 amide bonds. The van der Waals surface area contributed by atoms with Crippen LogP contribution in [0.5, 0.6) is 0 Å². The average Bonchev–Trinajstić information content (AvgIpc) is 4.06. The Hall–Kier alpha value is -7.82. The van der Waals surface area contributed by atoms with Gasteiger partial charge in [0.05, 0.1) is 44.5 Å². The van der Waals surface area contributed by atoms with Crippen molar-refractivity contribution in [1.82, 2.24) is 8.80 Å². The fourth-order valence-corrected chi connectivity index (χ4v) is 11.2. The molecule has 4 heterocycles. The molecule has 0 aliphatic heterocycles. The monoisotopic (exact) mass is 822 g/mol. The van der Waals surface area contributed by atoms with Gasteiger partial charge in [-0.25, -0.2) is 0 Å². The zero-order valence-electron chi connectivity index (χ0n) is 36.4. The van der Waals surface area contributed by atoms with Crippen molar-refractivity contribution < 1.29 is 0 Å². The van der Waals surface area contributed by atoms with Gasteiger partial charge in [-0.1, -0.05) is 149 Å². The molecule has 0 aliphatic carbocycles. The van der Waals surface area contributed by atoms with Crippen LogP contribution >= 0.6 is 0 Å². The number of hydrogen-bond donors (Lipinski definition) is 0. The summed E-state index contributed by atoms with van der Waals surface area (Å²) in [6.45, 7) is 9.32. The maximum atomic E-state index is 2.62. The van der Waals surface area contributed by atoms with Crippen LogP contribution in [0.1, 0.15) is 50.7 Å². The van der Waals surface area contributed by atoms with Crippen LogP contribution in [0, 0.1) is 0 Å². The fourth-order valence-electron chi connectivity index (χ4n) is 11.2. The second kappa shape index (κ2) is 13.8. The van der Waals surface area contributed by atoms with E-state index in [0.717, 1.165) is 22.7 Å². The summed E-state index contributed by atoms with van der Waals surface area (Å²) in [5.74, 6) is 0.667. The third-order valence-corrected chi connectivity index (χ3v) is 13.8. The van der Waals surface area contributed by atoms with E-state index in [9.17, 15) is 0 Å². The smallest absolute Gasteiger partial charge is 0.0641 e. The lowest BCUT2D eigenvalue weighted by Crippen LogP contribution is -2.10. The normalized spacial score (nSPS) is 12.3. The van der Waals surface area contributed by atoms with Crippen molar-refractivity contribution in [3.05, 3.63) is 205 Å². The van der Waals surface area contributed by atoms with Gasteiger partial charge in [0.25, 0.3) is 0 Å². The lowest BCUT2D eigenvalue weighted by Gasteiger charge is -2.26. The summed E-state index contributed by atoms with van der Waals surface area (Å²) in [4.78, 5) is 4.87. The molecule has 0 N–H and O–H groups in total. The van der Waals surface area contributed by atoms with Gasteiger partial charge in [-0.15, -0.1) is 0 Å². The van der Waals surface area contributed by atoms with Crippen LogP contribution in [0.3, 0.4) is 0 Å². The van der Waals surface area contributed by atoms with Gasteiger partial charge in [0, 0.05) is 65.8 Å². The fraction of sp³-hybridized carbons (Fsp3) is 0.100. The zero-order valence-corrected chi connectivity index (χ0v) is 36.4. The maximum absolute atomic E-state index is 2.62. The first-order chi connectivity index (χ1) is 31.5. The molecule has 64 heavy (non-hydrogen) atoms. The third-order valence-electron chi connectivity index (χ3n) is 13.8. The predicted octanol–water partition coefficient (Wildman–Crippen LogP) is 17.2. The Bertz CT molecular complexity index is 3550. The molecule has 0 unspecified atom stereocenters. The second-order valence-corrected chi connectivity index (χ2v) is 18.1. The second-order valence-electron chi connectivity index (χ2n) is 18.1. The molecule has 0 aliphatic rings. The summed E-state index contributed by atoms with van der Waals surface area (Å²) in [6.07, 6.45) is 0. The molecule has 306 valence electrons. The van der Waals surface area contributed by atoms with Gasteiger partial charge in [-0.05, 0) is 95.8 Å². The van der Waals surface area contributed by atoms with Crippen molar-refractivity contribution in [2.75, 3.05) is 9.80 Å². The van der Waals surface area contributed by atoms with Crippen LogP contribution in [0.25, 0.3) is 76.2 Å². The van der Waals surface area contributed by atoms with E-state index in [4.69, 9.17) is 0 Å². The Morgan fingerprint density at radius 3 is 0.984 bits per heavy atom. The number of anilines is 6. The van der Waals surface area contributed by atoms with E-state index in [1.165, 1.54) is 98.7 Å². The highest BCUT2D eigenvalue weighted by atomic mass is 15.2. The van der Waals surface area contributed by atoms with E-state index < -0.39 is 0 Å². The molecular weight excluding hydrogens is 777 g/mol. The van der Waals surface area contributed by atoms with Gasteiger partial charge in [0.1, 0.15) is 0 Å². The van der Waals surface area contributed by atoms with Crippen LogP contribution in [0.15, 0.2) is 194 Å². The number of rotatable bonds is 8. The van der Waals surface area contributed by atoms with Crippen molar-refractivity contribution >= 4 is 110 Å². The standard InChI is InChI=1S/C60H46N4/c1-37(2)43-27-17-29-47-55-51(61(39-19-9-5-10-20-39)40-21-11-6-12-22-40)33-31-45-49-36-54-50(35-53(49)63(57(43)47)59(45)55)46-32-34-52(62(41-23-13-7-14-24-41)42-25-15-8-16-26-42)56-48-30-18-28-44(38(3)4)58(48)64(54)60(46)56/h5-38H,1-4H3. The third kappa shape index (κ3) is 5.05. The summed E-state index contributed by atoms with van der Waals surface area (Å²) in [6, 6.07) is 71.7. The Balaban J connectivity index is 1.18. The Morgan fingerprint density at radius 1 is 0.312 bits per heavy atom. The van der Waals surface area contributed by atoms with E-state index in [1.807, 2.05) is 0 Å². The van der Waals surface area contributed by atoms with Crippen LogP contribution in [0.2, 0.25) is 0 Å². The van der Waals surface area contributed by atoms with Gasteiger partial charge < -0.3 is 18.6 Å². The van der Waals surface area contributed by atoms with Crippen molar-refractivity contribution in [3.8, 4) is 0 Å². The molecule has 13 rings (SSSR count). The van der Waals surface area contributed by atoms with Crippen molar-refractivity contribution in [3.63, 3.8) is 0 Å². The van der Waals surface area contributed by atoms with Gasteiger partial charge in [0.2, 0.25) is 0 Å². The number of hydrogen-bond acceptors (Lipinski definition) is 2. The minimum absolute atomic E-state index is 0.333. The van der Waals surface area contributed by atoms with E-state index in [2.05, 4.69) is 240 Å². The molecule has 0 spiro atoms. The number of fused-ring (bicyclic) bond motifs is 12. The van der Waals surface area contributed by atoms with E-state index >= 15 is 0 Å². The SMILES string of the molecule is CC(C)c1cccc2c3c(N(c4ccccc4)c4ccccc4)ccc4c5cc6c(cc5n(c12)c43)c1ccc(N(c2ccccc2)c2ccccc2)c2c3cccc(C(C)C)c3n6c12. The van der Waals surface area contributed by atoms with Crippen LogP contribution in [-0.2, 0) is 0 Å². The Labute approximate surface area is 372 Å². The van der Waals surface area contributed by atoms with Crippen LogP contribution in [0.4, 0.5) is 34.1 Å². The van der Waals surface area contributed by atoms with E-state index in [1.54, 1.807) is 0 Å². The van der Waals surface area contributed by atoms with Gasteiger partial charge in [0.15, 0.2) is 0 Å². The molecule has 9 aromatic carbocycles. The quantitative estimate of drug-likeness (QED) is 0.152. The summed E-state index contributed by atoms with van der Waals surface area (Å²) in [5.41, 5.74) is 17.3. The van der Waals surface area contributed by atoms with Gasteiger partial charge in [-0.3, -0.25) is 0 Å². The molecule has 0 atom stereocenters. The number of para-hydroxylation sites is 6. The molecule has 13 aromatic rings. The molecule has 4 nitrogen and oxygen atoms in total. The molecule has 0 fully saturated rings. The van der Waals surface area contributed by atoms with Crippen LogP contribution in [-0.4, -0.2) is 8.80 Å². The average molecular weight is 823 g/mol. The molecule has 4 aromatic heterocycles. The minimum Gasteiger partial charge on any atom is -0.310 e. The summed E-state index contributed by atoms with van der Waals surface area (Å²) < 4.78 is 5.23. The summed E-state index contributed by atoms with van der Waals surface area (Å²) in [7, 11) is 0. The minimum atomic E-state index is 0.333. The number of nitrogens with zero attached hydrogens (tertiary/aromatic N) is 4. The molecule has 0 radical (unpaired) electrons.